The number of urea groups is 1. The van der Waals surface area contributed by atoms with Crippen LogP contribution in [0.4, 0.5) is 26.4 Å². The predicted molar refractivity (Wildman–Crippen MR) is 122 cm³/mol. The number of morpholine rings is 2. The first-order valence-corrected chi connectivity index (χ1v) is 11.0. The van der Waals surface area contributed by atoms with Crippen molar-refractivity contribution < 1.29 is 18.7 Å². The number of hydrogen-bond acceptors (Lipinski definition) is 6. The van der Waals surface area contributed by atoms with Crippen molar-refractivity contribution in [2.45, 2.75) is 32.6 Å². The number of anilines is 3. The van der Waals surface area contributed by atoms with Crippen molar-refractivity contribution in [3.8, 4) is 0 Å². The van der Waals surface area contributed by atoms with Crippen LogP contribution in [0.1, 0.15) is 19.4 Å². The van der Waals surface area contributed by atoms with Crippen LogP contribution in [0.2, 0.25) is 0 Å². The van der Waals surface area contributed by atoms with Crippen molar-refractivity contribution in [3.63, 3.8) is 0 Å². The molecule has 172 valence electrons. The number of amides is 2. The van der Waals surface area contributed by atoms with E-state index in [4.69, 9.17) is 9.47 Å². The van der Waals surface area contributed by atoms with E-state index in [1.54, 1.807) is 18.3 Å². The Morgan fingerprint density at radius 2 is 1.88 bits per heavy atom. The van der Waals surface area contributed by atoms with E-state index in [1.165, 1.54) is 6.07 Å². The number of ether oxygens (including phenoxy) is 2. The van der Waals surface area contributed by atoms with E-state index in [9.17, 15) is 9.18 Å². The van der Waals surface area contributed by atoms with Gasteiger partial charge in [-0.15, -0.1) is 0 Å². The topological polar surface area (TPSA) is 79.0 Å². The largest absolute Gasteiger partial charge is 0.378 e. The second kappa shape index (κ2) is 10.1. The molecule has 0 unspecified atom stereocenters. The van der Waals surface area contributed by atoms with E-state index in [2.05, 4.69) is 20.5 Å². The summed E-state index contributed by atoms with van der Waals surface area (Å²) < 4.78 is 25.8. The van der Waals surface area contributed by atoms with E-state index in [1.807, 2.05) is 30.9 Å². The highest BCUT2D eigenvalue weighted by atomic mass is 19.1. The average Bonchev–Trinajstić information content (AvgIpc) is 2.78. The molecule has 2 atom stereocenters. The monoisotopic (exact) mass is 443 g/mol. The highest BCUT2D eigenvalue weighted by Gasteiger charge is 2.24. The molecule has 1 aromatic carbocycles. The molecule has 2 aliphatic heterocycles. The normalized spacial score (nSPS) is 21.3. The minimum absolute atomic E-state index is 0.0404. The van der Waals surface area contributed by atoms with E-state index in [0.29, 0.717) is 44.2 Å². The summed E-state index contributed by atoms with van der Waals surface area (Å²) in [5.41, 5.74) is 1.86. The maximum atomic E-state index is 14.7. The average molecular weight is 444 g/mol. The van der Waals surface area contributed by atoms with E-state index in [0.717, 1.165) is 24.5 Å². The highest BCUT2D eigenvalue weighted by molar-refractivity contribution is 5.89. The fourth-order valence-electron chi connectivity index (χ4n) is 4.11. The van der Waals surface area contributed by atoms with Crippen LogP contribution in [0.15, 0.2) is 36.5 Å². The van der Waals surface area contributed by atoms with Crippen molar-refractivity contribution >= 4 is 23.2 Å². The van der Waals surface area contributed by atoms with Gasteiger partial charge in [0.15, 0.2) is 0 Å². The molecule has 32 heavy (non-hydrogen) atoms. The number of halogens is 1. The van der Waals surface area contributed by atoms with Crippen LogP contribution < -0.4 is 20.4 Å². The molecule has 0 aliphatic carbocycles. The van der Waals surface area contributed by atoms with Crippen LogP contribution in [0, 0.1) is 5.82 Å². The second-order valence-corrected chi connectivity index (χ2v) is 8.26. The smallest absolute Gasteiger partial charge is 0.319 e. The molecule has 9 heteroatoms. The fourth-order valence-corrected chi connectivity index (χ4v) is 4.11. The number of benzene rings is 1. The highest BCUT2D eigenvalue weighted by Crippen LogP contribution is 2.26. The number of hydrogen-bond donors (Lipinski definition) is 2. The summed E-state index contributed by atoms with van der Waals surface area (Å²) in [6.45, 7) is 8.54. The lowest BCUT2D eigenvalue weighted by Crippen LogP contribution is -2.45. The Labute approximate surface area is 187 Å². The Hall–Kier alpha value is -2.91. The van der Waals surface area contributed by atoms with Gasteiger partial charge in [-0.3, -0.25) is 0 Å². The van der Waals surface area contributed by atoms with Gasteiger partial charge < -0.3 is 29.9 Å². The molecule has 3 heterocycles. The molecule has 0 radical (unpaired) electrons. The van der Waals surface area contributed by atoms with Crippen molar-refractivity contribution in [3.05, 3.63) is 47.9 Å². The van der Waals surface area contributed by atoms with Crippen LogP contribution in [-0.4, -0.2) is 62.6 Å². The molecule has 2 aliphatic rings. The lowest BCUT2D eigenvalue weighted by atomic mass is 10.2. The van der Waals surface area contributed by atoms with Gasteiger partial charge >= 0.3 is 6.03 Å². The summed E-state index contributed by atoms with van der Waals surface area (Å²) in [6.07, 6.45) is 1.82. The molecule has 2 N–H and O–H groups in total. The summed E-state index contributed by atoms with van der Waals surface area (Å²) in [7, 11) is 0. The van der Waals surface area contributed by atoms with Gasteiger partial charge in [0.1, 0.15) is 11.6 Å². The molecule has 2 amide bonds. The molecule has 8 nitrogen and oxygen atoms in total. The minimum Gasteiger partial charge on any atom is -0.378 e. The minimum atomic E-state index is -0.393. The zero-order valence-electron chi connectivity index (χ0n) is 18.5. The van der Waals surface area contributed by atoms with Crippen LogP contribution in [0.25, 0.3) is 0 Å². The van der Waals surface area contributed by atoms with Gasteiger partial charge in [0.05, 0.1) is 31.1 Å². The first-order valence-electron chi connectivity index (χ1n) is 11.0. The molecule has 0 spiro atoms. The molecular weight excluding hydrogens is 413 g/mol. The van der Waals surface area contributed by atoms with Gasteiger partial charge in [-0.25, -0.2) is 14.2 Å². The fraction of sp³-hybridized carbons (Fsp3) is 0.478. The van der Waals surface area contributed by atoms with Gasteiger partial charge in [-0.05, 0) is 49.7 Å². The standard InChI is InChI=1S/C23H30FN5O3/c1-16-14-29(15-17(2)32-16)21-4-3-19(12-20(21)24)27-23(30)26-13-18-5-6-25-22(11-18)28-7-9-31-10-8-28/h3-6,11-12,16-17H,7-10,13-15H2,1-2H3,(H2,26,27,30)/t16-,17-/m1/s1. The SMILES string of the molecule is C[C@@H]1CN(c2ccc(NC(=O)NCc3ccnc(N4CCOCC4)c3)cc2F)C[C@@H](C)O1. The molecule has 4 rings (SSSR count). The molecule has 2 saturated heterocycles. The van der Waals surface area contributed by atoms with E-state index < -0.39 is 6.03 Å². The van der Waals surface area contributed by atoms with Crippen LogP contribution in [-0.2, 0) is 16.0 Å². The Morgan fingerprint density at radius 3 is 2.59 bits per heavy atom. The lowest BCUT2D eigenvalue weighted by Gasteiger charge is -2.37. The van der Waals surface area contributed by atoms with Crippen LogP contribution in [0.5, 0.6) is 0 Å². The van der Waals surface area contributed by atoms with Gasteiger partial charge in [0.25, 0.3) is 0 Å². The Morgan fingerprint density at radius 1 is 1.12 bits per heavy atom. The van der Waals surface area contributed by atoms with E-state index >= 15 is 0 Å². The third-order valence-electron chi connectivity index (χ3n) is 5.56. The quantitative estimate of drug-likeness (QED) is 0.740. The predicted octanol–water partition coefficient (Wildman–Crippen LogP) is 2.99. The second-order valence-electron chi connectivity index (χ2n) is 8.26. The van der Waals surface area contributed by atoms with Crippen molar-refractivity contribution in [1.29, 1.82) is 0 Å². The number of aromatic nitrogens is 1. The first-order chi connectivity index (χ1) is 15.5. The number of carbonyl (C=O) groups excluding carboxylic acids is 1. The molecule has 1 aromatic heterocycles. The van der Waals surface area contributed by atoms with Crippen LogP contribution in [0.3, 0.4) is 0 Å². The summed E-state index contributed by atoms with van der Waals surface area (Å²) in [4.78, 5) is 20.9. The molecule has 0 saturated carbocycles. The van der Waals surface area contributed by atoms with Gasteiger partial charge in [-0.2, -0.15) is 0 Å². The zero-order valence-corrected chi connectivity index (χ0v) is 18.5. The van der Waals surface area contributed by atoms with Crippen LogP contribution >= 0.6 is 0 Å². The number of nitrogens with one attached hydrogen (secondary N) is 2. The number of nitrogens with zero attached hydrogens (tertiary/aromatic N) is 3. The Bertz CT molecular complexity index is 928. The lowest BCUT2D eigenvalue weighted by molar-refractivity contribution is -0.00539. The maximum absolute atomic E-state index is 14.7. The number of carbonyl (C=O) groups is 1. The summed E-state index contributed by atoms with van der Waals surface area (Å²) in [5, 5.41) is 5.52. The van der Waals surface area contributed by atoms with Gasteiger partial charge in [0, 0.05) is 44.6 Å². The summed E-state index contributed by atoms with van der Waals surface area (Å²) in [5.74, 6) is 0.505. The number of rotatable bonds is 5. The molecular formula is C23H30FN5O3. The van der Waals surface area contributed by atoms with Crippen molar-refractivity contribution in [2.24, 2.45) is 0 Å². The molecule has 0 bridgehead atoms. The zero-order chi connectivity index (χ0) is 22.5. The van der Waals surface area contributed by atoms with Gasteiger partial charge in [0.2, 0.25) is 0 Å². The summed E-state index contributed by atoms with van der Waals surface area (Å²) in [6, 6.07) is 8.20. The van der Waals surface area contributed by atoms with Crippen molar-refractivity contribution in [1.82, 2.24) is 10.3 Å². The van der Waals surface area contributed by atoms with E-state index in [-0.39, 0.29) is 18.0 Å². The third-order valence-corrected chi connectivity index (χ3v) is 5.56. The first kappa shape index (κ1) is 22.3. The third kappa shape index (κ3) is 5.66. The number of pyridine rings is 1. The van der Waals surface area contributed by atoms with Gasteiger partial charge in [-0.1, -0.05) is 0 Å². The van der Waals surface area contributed by atoms with Crippen molar-refractivity contribution in [2.75, 3.05) is 54.5 Å². The maximum Gasteiger partial charge on any atom is 0.319 e. The molecule has 2 aromatic rings. The Kier molecular flexibility index (Phi) is 7.06. The molecule has 2 fully saturated rings. The Balaban J connectivity index is 1.32. The summed E-state index contributed by atoms with van der Waals surface area (Å²) >= 11 is 0.